The van der Waals surface area contributed by atoms with Crippen molar-refractivity contribution in [1.82, 2.24) is 0 Å². The molecule has 0 fully saturated rings. The summed E-state index contributed by atoms with van der Waals surface area (Å²) < 4.78 is 0. The third-order valence-corrected chi connectivity index (χ3v) is 3.28. The molecule has 0 amide bonds. The summed E-state index contributed by atoms with van der Waals surface area (Å²) in [5.74, 6) is 1.50. The molecule has 1 atom stereocenters. The number of rotatable bonds is 9. The van der Waals surface area contributed by atoms with Crippen LogP contribution in [0, 0.1) is 11.8 Å². The van der Waals surface area contributed by atoms with Crippen LogP contribution in [0.5, 0.6) is 0 Å². The quantitative estimate of drug-likeness (QED) is 0.413. The molecule has 0 N–H and O–H groups in total. The SMILES string of the molecule is C=CC(C)=CC=CC(C)=CC=CC(C)CCCC(C)C. The van der Waals surface area contributed by atoms with E-state index in [9.17, 15) is 0 Å². The fourth-order valence-electron chi connectivity index (χ4n) is 1.82. The first-order valence-electron chi connectivity index (χ1n) is 7.78. The lowest BCUT2D eigenvalue weighted by Crippen LogP contribution is -1.92. The first kappa shape index (κ1) is 18.7. The molecule has 0 aliphatic rings. The molecule has 0 spiro atoms. The fraction of sp³-hybridized carbons (Fsp3) is 0.500. The molecule has 0 bridgehead atoms. The summed E-state index contributed by atoms with van der Waals surface area (Å²) in [6, 6.07) is 0. The Balaban J connectivity index is 4.12. The highest BCUT2D eigenvalue weighted by Gasteiger charge is 1.98. The van der Waals surface area contributed by atoms with Gasteiger partial charge in [0.05, 0.1) is 0 Å². The van der Waals surface area contributed by atoms with Crippen LogP contribution in [0.25, 0.3) is 0 Å². The highest BCUT2D eigenvalue weighted by molar-refractivity contribution is 5.27. The van der Waals surface area contributed by atoms with Gasteiger partial charge in [-0.15, -0.1) is 0 Å². The summed E-state index contributed by atoms with van der Waals surface area (Å²) in [7, 11) is 0. The summed E-state index contributed by atoms with van der Waals surface area (Å²) in [6.45, 7) is 14.8. The molecule has 0 aliphatic carbocycles. The lowest BCUT2D eigenvalue weighted by molar-refractivity contribution is 0.502. The van der Waals surface area contributed by atoms with E-state index in [2.05, 4.69) is 77.7 Å². The molecule has 1 unspecified atom stereocenters. The van der Waals surface area contributed by atoms with Gasteiger partial charge in [-0.2, -0.15) is 0 Å². The van der Waals surface area contributed by atoms with Gasteiger partial charge in [0, 0.05) is 0 Å². The van der Waals surface area contributed by atoms with Crippen LogP contribution in [0.2, 0.25) is 0 Å². The molecule has 20 heavy (non-hydrogen) atoms. The Hall–Kier alpha value is -1.30. The van der Waals surface area contributed by atoms with Crippen molar-refractivity contribution < 1.29 is 0 Å². The van der Waals surface area contributed by atoms with Crippen molar-refractivity contribution in [3.05, 3.63) is 60.3 Å². The molecule has 0 nitrogen and oxygen atoms in total. The van der Waals surface area contributed by atoms with Crippen molar-refractivity contribution in [2.24, 2.45) is 11.8 Å². The van der Waals surface area contributed by atoms with E-state index in [4.69, 9.17) is 0 Å². The zero-order valence-electron chi connectivity index (χ0n) is 14.0. The van der Waals surface area contributed by atoms with Gasteiger partial charge in [-0.3, -0.25) is 0 Å². The van der Waals surface area contributed by atoms with E-state index < -0.39 is 0 Å². The van der Waals surface area contributed by atoms with Crippen LogP contribution in [-0.4, -0.2) is 0 Å². The second-order valence-corrected chi connectivity index (χ2v) is 6.07. The van der Waals surface area contributed by atoms with Gasteiger partial charge < -0.3 is 0 Å². The molecule has 0 saturated carbocycles. The average molecular weight is 272 g/mol. The number of hydrogen-bond acceptors (Lipinski definition) is 0. The normalized spacial score (nSPS) is 15.5. The molecule has 0 rings (SSSR count). The molecule has 112 valence electrons. The Bertz CT molecular complexity index is 375. The van der Waals surface area contributed by atoms with E-state index in [1.165, 1.54) is 30.4 Å². The van der Waals surface area contributed by atoms with Crippen LogP contribution in [0.1, 0.15) is 53.9 Å². The Morgan fingerprint density at radius 3 is 2.20 bits per heavy atom. The minimum Gasteiger partial charge on any atom is -0.0988 e. The van der Waals surface area contributed by atoms with Gasteiger partial charge in [-0.05, 0) is 32.1 Å². The van der Waals surface area contributed by atoms with Gasteiger partial charge >= 0.3 is 0 Å². The lowest BCUT2D eigenvalue weighted by atomic mass is 9.99. The lowest BCUT2D eigenvalue weighted by Gasteiger charge is -2.07. The standard InChI is InChI=1S/C20H32/c1-7-18(4)12-9-14-20(6)16-10-15-19(5)13-8-11-17(2)3/h7,9-10,12,14-17,19H,1,8,11,13H2,2-6H3. The summed E-state index contributed by atoms with van der Waals surface area (Å²) >= 11 is 0. The minimum atomic E-state index is 0.671. The first-order valence-corrected chi connectivity index (χ1v) is 7.78. The third kappa shape index (κ3) is 11.8. The number of hydrogen-bond donors (Lipinski definition) is 0. The smallest absolute Gasteiger partial charge is 0.0259 e. The van der Waals surface area contributed by atoms with E-state index in [1.807, 2.05) is 6.08 Å². The van der Waals surface area contributed by atoms with E-state index in [-0.39, 0.29) is 0 Å². The van der Waals surface area contributed by atoms with Crippen molar-refractivity contribution in [3.8, 4) is 0 Å². The highest BCUT2D eigenvalue weighted by atomic mass is 14.0. The second kappa shape index (κ2) is 11.5. The van der Waals surface area contributed by atoms with Crippen LogP contribution in [0.4, 0.5) is 0 Å². The van der Waals surface area contributed by atoms with Gasteiger partial charge in [0.2, 0.25) is 0 Å². The Morgan fingerprint density at radius 1 is 0.950 bits per heavy atom. The molecular weight excluding hydrogens is 240 g/mol. The zero-order valence-corrected chi connectivity index (χ0v) is 14.0. The van der Waals surface area contributed by atoms with E-state index >= 15 is 0 Å². The highest BCUT2D eigenvalue weighted by Crippen LogP contribution is 2.13. The number of allylic oxidation sites excluding steroid dienone is 9. The predicted octanol–water partition coefficient (Wildman–Crippen LogP) is 6.64. The maximum absolute atomic E-state index is 3.73. The molecular formula is C20H32. The molecule has 0 aliphatic heterocycles. The van der Waals surface area contributed by atoms with Crippen molar-refractivity contribution in [2.45, 2.75) is 53.9 Å². The summed E-state index contributed by atoms with van der Waals surface area (Å²) in [6.07, 6.45) is 18.8. The van der Waals surface area contributed by atoms with Crippen LogP contribution in [-0.2, 0) is 0 Å². The molecule has 0 aromatic carbocycles. The summed E-state index contributed by atoms with van der Waals surface area (Å²) in [5.41, 5.74) is 2.45. The maximum Gasteiger partial charge on any atom is -0.0259 e. The van der Waals surface area contributed by atoms with Crippen molar-refractivity contribution >= 4 is 0 Å². The van der Waals surface area contributed by atoms with Gasteiger partial charge in [0.15, 0.2) is 0 Å². The Labute approximate surface area is 126 Å². The Morgan fingerprint density at radius 2 is 1.60 bits per heavy atom. The second-order valence-electron chi connectivity index (χ2n) is 6.07. The van der Waals surface area contributed by atoms with Crippen molar-refractivity contribution in [3.63, 3.8) is 0 Å². The first-order chi connectivity index (χ1) is 9.45. The largest absolute Gasteiger partial charge is 0.0988 e. The molecule has 0 heteroatoms. The minimum absolute atomic E-state index is 0.671. The maximum atomic E-state index is 3.73. The topological polar surface area (TPSA) is 0 Å². The monoisotopic (exact) mass is 272 g/mol. The molecule has 0 aromatic heterocycles. The summed E-state index contributed by atoms with van der Waals surface area (Å²) in [4.78, 5) is 0. The molecule has 0 radical (unpaired) electrons. The third-order valence-electron chi connectivity index (χ3n) is 3.28. The molecule has 0 saturated heterocycles. The average Bonchev–Trinajstić information content (AvgIpc) is 2.38. The van der Waals surface area contributed by atoms with Gasteiger partial charge in [-0.1, -0.05) is 93.9 Å². The van der Waals surface area contributed by atoms with E-state index in [1.54, 1.807) is 0 Å². The van der Waals surface area contributed by atoms with Gasteiger partial charge in [0.1, 0.15) is 0 Å². The predicted molar refractivity (Wildman–Crippen MR) is 93.8 cm³/mol. The van der Waals surface area contributed by atoms with Crippen molar-refractivity contribution in [1.29, 1.82) is 0 Å². The van der Waals surface area contributed by atoms with E-state index in [0.29, 0.717) is 5.92 Å². The van der Waals surface area contributed by atoms with Crippen LogP contribution < -0.4 is 0 Å². The molecule has 0 heterocycles. The zero-order chi connectivity index (χ0) is 15.4. The summed E-state index contributed by atoms with van der Waals surface area (Å²) in [5, 5.41) is 0. The van der Waals surface area contributed by atoms with Gasteiger partial charge in [0.25, 0.3) is 0 Å². The van der Waals surface area contributed by atoms with Crippen molar-refractivity contribution in [2.75, 3.05) is 0 Å². The van der Waals surface area contributed by atoms with E-state index in [0.717, 1.165) is 5.92 Å². The molecule has 0 aromatic rings. The Kier molecular flexibility index (Phi) is 10.8. The van der Waals surface area contributed by atoms with Crippen LogP contribution in [0.3, 0.4) is 0 Å². The van der Waals surface area contributed by atoms with Crippen LogP contribution >= 0.6 is 0 Å². The fourth-order valence-corrected chi connectivity index (χ4v) is 1.82. The van der Waals surface area contributed by atoms with Gasteiger partial charge in [-0.25, -0.2) is 0 Å². The van der Waals surface area contributed by atoms with Crippen LogP contribution in [0.15, 0.2) is 60.3 Å².